The minimum absolute atomic E-state index is 0. The fourth-order valence-corrected chi connectivity index (χ4v) is 1.70. The summed E-state index contributed by atoms with van der Waals surface area (Å²) in [5.74, 6) is -0.0710. The first-order valence-electron chi connectivity index (χ1n) is 4.67. The van der Waals surface area contributed by atoms with Crippen molar-refractivity contribution in [1.82, 2.24) is 16.0 Å². The van der Waals surface area contributed by atoms with Gasteiger partial charge in [-0.25, -0.2) is 0 Å². The zero-order valence-electron chi connectivity index (χ0n) is 9.15. The van der Waals surface area contributed by atoms with Gasteiger partial charge in [0, 0.05) is 19.6 Å². The highest BCUT2D eigenvalue weighted by molar-refractivity contribution is 5.87. The standard InChI is InChI=1S/C10H15N3O.H3N/c1-3-10(14)13-7-6-12(2)8-9(13)4-5-11;/h3,9H,1,4,6-8H2,2H3;1H3. The number of nitrogens with zero attached hydrogens (tertiary/aromatic N) is 3. The molecular formula is C10H18N4O. The van der Waals surface area contributed by atoms with Gasteiger partial charge in [0.15, 0.2) is 0 Å². The minimum Gasteiger partial charge on any atom is -0.344 e. The van der Waals surface area contributed by atoms with E-state index in [1.165, 1.54) is 6.08 Å². The Labute approximate surface area is 90.5 Å². The third-order valence-electron chi connectivity index (χ3n) is 2.47. The molecular weight excluding hydrogens is 192 g/mol. The monoisotopic (exact) mass is 210 g/mol. The summed E-state index contributed by atoms with van der Waals surface area (Å²) in [6.07, 6.45) is 1.71. The third-order valence-corrected chi connectivity index (χ3v) is 2.47. The molecule has 1 amide bonds. The third kappa shape index (κ3) is 3.35. The molecule has 1 saturated heterocycles. The number of hydrogen-bond acceptors (Lipinski definition) is 4. The maximum Gasteiger partial charge on any atom is 0.246 e. The van der Waals surface area contributed by atoms with Gasteiger partial charge in [-0.1, -0.05) is 6.58 Å². The highest BCUT2D eigenvalue weighted by atomic mass is 16.2. The quantitative estimate of drug-likeness (QED) is 0.668. The van der Waals surface area contributed by atoms with E-state index in [1.807, 2.05) is 7.05 Å². The number of nitriles is 1. The molecule has 84 valence electrons. The molecule has 0 aromatic rings. The lowest BCUT2D eigenvalue weighted by molar-refractivity contribution is -0.130. The first-order valence-corrected chi connectivity index (χ1v) is 4.67. The van der Waals surface area contributed by atoms with Gasteiger partial charge in [0.05, 0.1) is 18.5 Å². The van der Waals surface area contributed by atoms with Gasteiger partial charge >= 0.3 is 0 Å². The highest BCUT2D eigenvalue weighted by Crippen LogP contribution is 2.11. The van der Waals surface area contributed by atoms with E-state index in [1.54, 1.807) is 4.90 Å². The fraction of sp³-hybridized carbons (Fsp3) is 0.600. The van der Waals surface area contributed by atoms with Crippen LogP contribution in [0.1, 0.15) is 6.42 Å². The van der Waals surface area contributed by atoms with E-state index in [9.17, 15) is 4.79 Å². The Morgan fingerprint density at radius 2 is 2.33 bits per heavy atom. The van der Waals surface area contributed by atoms with E-state index < -0.39 is 0 Å². The Hall–Kier alpha value is -1.38. The molecule has 0 aliphatic carbocycles. The highest BCUT2D eigenvalue weighted by Gasteiger charge is 2.27. The van der Waals surface area contributed by atoms with E-state index in [-0.39, 0.29) is 18.1 Å². The molecule has 0 saturated carbocycles. The van der Waals surface area contributed by atoms with Crippen LogP contribution in [-0.2, 0) is 4.79 Å². The smallest absolute Gasteiger partial charge is 0.246 e. The van der Waals surface area contributed by atoms with Crippen molar-refractivity contribution >= 4 is 5.91 Å². The average Bonchev–Trinajstić information content (AvgIpc) is 2.17. The van der Waals surface area contributed by atoms with Gasteiger partial charge in [0.1, 0.15) is 0 Å². The predicted octanol–water partition coefficient (Wildman–Crippen LogP) is 0.391. The van der Waals surface area contributed by atoms with Crippen molar-refractivity contribution < 1.29 is 4.79 Å². The van der Waals surface area contributed by atoms with Crippen LogP contribution in [0, 0.1) is 11.3 Å². The molecule has 3 N–H and O–H groups in total. The first kappa shape index (κ1) is 13.6. The Bertz CT molecular complexity index is 271. The number of carbonyl (C=O) groups excluding carboxylic acids is 1. The molecule has 1 aliphatic heterocycles. The number of likely N-dealkylation sites (N-methyl/N-ethyl adjacent to an activating group) is 1. The maximum atomic E-state index is 11.4. The molecule has 0 aromatic heterocycles. The molecule has 0 bridgehead atoms. The Balaban J connectivity index is 0.00000196. The fourth-order valence-electron chi connectivity index (χ4n) is 1.70. The number of carbonyl (C=O) groups is 1. The van der Waals surface area contributed by atoms with Gasteiger partial charge in [-0.2, -0.15) is 5.26 Å². The summed E-state index contributed by atoms with van der Waals surface area (Å²) in [6, 6.07) is 2.13. The van der Waals surface area contributed by atoms with E-state index in [0.29, 0.717) is 13.0 Å². The SMILES string of the molecule is C=CC(=O)N1CCN(C)CC1CC#N.N. The summed E-state index contributed by atoms with van der Waals surface area (Å²) >= 11 is 0. The van der Waals surface area contributed by atoms with E-state index in [4.69, 9.17) is 5.26 Å². The molecule has 1 atom stereocenters. The average molecular weight is 210 g/mol. The van der Waals surface area contributed by atoms with Gasteiger partial charge in [-0.3, -0.25) is 4.79 Å². The Kier molecular flexibility index (Phi) is 5.60. The van der Waals surface area contributed by atoms with Crippen LogP contribution in [0.3, 0.4) is 0 Å². The minimum atomic E-state index is -0.0710. The lowest BCUT2D eigenvalue weighted by Crippen LogP contribution is -2.53. The molecule has 15 heavy (non-hydrogen) atoms. The summed E-state index contributed by atoms with van der Waals surface area (Å²) in [4.78, 5) is 15.3. The van der Waals surface area contributed by atoms with Crippen molar-refractivity contribution in [2.45, 2.75) is 12.5 Å². The van der Waals surface area contributed by atoms with Crippen molar-refractivity contribution in [2.24, 2.45) is 0 Å². The van der Waals surface area contributed by atoms with Gasteiger partial charge in [0.2, 0.25) is 5.91 Å². The van der Waals surface area contributed by atoms with Crippen LogP contribution >= 0.6 is 0 Å². The molecule has 5 nitrogen and oxygen atoms in total. The second kappa shape index (κ2) is 6.17. The number of hydrogen-bond donors (Lipinski definition) is 1. The Morgan fingerprint density at radius 3 is 2.87 bits per heavy atom. The molecule has 0 radical (unpaired) electrons. The second-order valence-corrected chi connectivity index (χ2v) is 3.51. The molecule has 1 fully saturated rings. The summed E-state index contributed by atoms with van der Waals surface area (Å²) in [6.45, 7) is 5.78. The lowest BCUT2D eigenvalue weighted by Gasteiger charge is -2.38. The summed E-state index contributed by atoms with van der Waals surface area (Å²) in [7, 11) is 2.00. The summed E-state index contributed by atoms with van der Waals surface area (Å²) < 4.78 is 0. The van der Waals surface area contributed by atoms with Crippen molar-refractivity contribution in [3.05, 3.63) is 12.7 Å². The van der Waals surface area contributed by atoms with E-state index in [0.717, 1.165) is 13.1 Å². The van der Waals surface area contributed by atoms with Crippen LogP contribution in [0.2, 0.25) is 0 Å². The van der Waals surface area contributed by atoms with Gasteiger partial charge in [-0.05, 0) is 13.1 Å². The van der Waals surface area contributed by atoms with Crippen LogP contribution in [0.5, 0.6) is 0 Å². The number of rotatable bonds is 2. The van der Waals surface area contributed by atoms with Gasteiger partial charge < -0.3 is 16.0 Å². The van der Waals surface area contributed by atoms with Crippen LogP contribution in [-0.4, -0.2) is 48.4 Å². The number of amides is 1. The van der Waals surface area contributed by atoms with E-state index in [2.05, 4.69) is 17.5 Å². The van der Waals surface area contributed by atoms with Gasteiger partial charge in [-0.15, -0.1) is 0 Å². The molecule has 1 aliphatic rings. The van der Waals surface area contributed by atoms with Crippen molar-refractivity contribution in [2.75, 3.05) is 26.7 Å². The van der Waals surface area contributed by atoms with Crippen LogP contribution in [0.4, 0.5) is 0 Å². The molecule has 1 unspecified atom stereocenters. The van der Waals surface area contributed by atoms with Crippen LogP contribution < -0.4 is 6.15 Å². The largest absolute Gasteiger partial charge is 0.344 e. The van der Waals surface area contributed by atoms with Crippen molar-refractivity contribution in [1.29, 1.82) is 5.26 Å². The van der Waals surface area contributed by atoms with Crippen molar-refractivity contribution in [3.8, 4) is 6.07 Å². The molecule has 1 heterocycles. The predicted molar refractivity (Wildman–Crippen MR) is 58.4 cm³/mol. The zero-order chi connectivity index (χ0) is 10.6. The summed E-state index contributed by atoms with van der Waals surface area (Å²) in [5, 5.41) is 8.64. The first-order chi connectivity index (χ1) is 6.69. The number of piperazine rings is 1. The molecule has 1 rings (SSSR count). The van der Waals surface area contributed by atoms with E-state index >= 15 is 0 Å². The normalized spacial score (nSPS) is 21.3. The molecule has 0 spiro atoms. The second-order valence-electron chi connectivity index (χ2n) is 3.51. The topological polar surface area (TPSA) is 82.3 Å². The van der Waals surface area contributed by atoms with Crippen molar-refractivity contribution in [3.63, 3.8) is 0 Å². The lowest BCUT2D eigenvalue weighted by atomic mass is 10.1. The molecule has 0 aromatic carbocycles. The van der Waals surface area contributed by atoms with Crippen LogP contribution in [0.25, 0.3) is 0 Å². The maximum absolute atomic E-state index is 11.4. The van der Waals surface area contributed by atoms with Crippen LogP contribution in [0.15, 0.2) is 12.7 Å². The summed E-state index contributed by atoms with van der Waals surface area (Å²) in [5.41, 5.74) is 0. The zero-order valence-corrected chi connectivity index (χ0v) is 9.15. The Morgan fingerprint density at radius 1 is 1.67 bits per heavy atom. The molecule has 5 heteroatoms. The van der Waals surface area contributed by atoms with Gasteiger partial charge in [0.25, 0.3) is 0 Å².